The van der Waals surface area contributed by atoms with Gasteiger partial charge in [0.25, 0.3) is 5.69 Å². The highest BCUT2D eigenvalue weighted by molar-refractivity contribution is 6.30. The van der Waals surface area contributed by atoms with E-state index in [0.717, 1.165) is 25.2 Å². The molecular weight excluding hydrogens is 252 g/mol. The molecule has 2 aliphatic rings. The molecule has 1 aromatic carbocycles. The van der Waals surface area contributed by atoms with Crippen LogP contribution in [-0.4, -0.2) is 18.0 Å². The van der Waals surface area contributed by atoms with Gasteiger partial charge in [-0.05, 0) is 43.2 Å². The molecule has 1 heterocycles. The fourth-order valence-electron chi connectivity index (χ4n) is 2.91. The van der Waals surface area contributed by atoms with Crippen LogP contribution < -0.4 is 4.90 Å². The molecule has 0 amide bonds. The van der Waals surface area contributed by atoms with E-state index in [0.29, 0.717) is 10.4 Å². The van der Waals surface area contributed by atoms with E-state index in [2.05, 4.69) is 4.90 Å². The van der Waals surface area contributed by atoms with E-state index in [1.54, 1.807) is 12.1 Å². The smallest absolute Gasteiger partial charge is 0.294 e. The molecule has 0 N–H and O–H groups in total. The van der Waals surface area contributed by atoms with Gasteiger partial charge in [-0.25, -0.2) is 0 Å². The maximum absolute atomic E-state index is 11.1. The number of rotatable bonds is 2. The molecule has 0 radical (unpaired) electrons. The average Bonchev–Trinajstić information content (AvgIpc) is 3.08. The number of hydrogen-bond donors (Lipinski definition) is 0. The van der Waals surface area contributed by atoms with Crippen molar-refractivity contribution in [3.05, 3.63) is 33.3 Å². The Balaban J connectivity index is 1.93. The number of nitro benzene ring substituents is 1. The zero-order chi connectivity index (χ0) is 12.8. The monoisotopic (exact) mass is 266 g/mol. The van der Waals surface area contributed by atoms with E-state index in [-0.39, 0.29) is 10.6 Å². The van der Waals surface area contributed by atoms with Crippen LogP contribution in [0.4, 0.5) is 11.4 Å². The summed E-state index contributed by atoms with van der Waals surface area (Å²) in [4.78, 5) is 12.9. The maximum atomic E-state index is 11.1. The van der Waals surface area contributed by atoms with Gasteiger partial charge in [0, 0.05) is 24.2 Å². The van der Waals surface area contributed by atoms with Gasteiger partial charge < -0.3 is 4.90 Å². The topological polar surface area (TPSA) is 46.4 Å². The van der Waals surface area contributed by atoms with E-state index in [4.69, 9.17) is 11.6 Å². The van der Waals surface area contributed by atoms with Crippen LogP contribution in [0.3, 0.4) is 0 Å². The van der Waals surface area contributed by atoms with E-state index in [1.807, 2.05) is 0 Å². The third-order valence-electron chi connectivity index (χ3n) is 4.09. The minimum Gasteiger partial charge on any atom is -0.365 e. The predicted octanol–water partition coefficient (Wildman–Crippen LogP) is 3.63. The molecule has 1 aliphatic heterocycles. The molecule has 5 heteroatoms. The first-order chi connectivity index (χ1) is 8.60. The molecule has 96 valence electrons. The van der Waals surface area contributed by atoms with Crippen LogP contribution in [-0.2, 0) is 0 Å². The first kappa shape index (κ1) is 11.8. The SMILES string of the molecule is O=[N+]([O-])c1cc(Cl)ccc1N1CCCC2(CC2)C1. The summed E-state index contributed by atoms with van der Waals surface area (Å²) in [6.07, 6.45) is 4.93. The van der Waals surface area contributed by atoms with Gasteiger partial charge in [-0.15, -0.1) is 0 Å². The van der Waals surface area contributed by atoms with Crippen molar-refractivity contribution in [1.82, 2.24) is 0 Å². The van der Waals surface area contributed by atoms with Crippen molar-refractivity contribution in [2.75, 3.05) is 18.0 Å². The highest BCUT2D eigenvalue weighted by atomic mass is 35.5. The fraction of sp³-hybridized carbons (Fsp3) is 0.538. The van der Waals surface area contributed by atoms with Crippen LogP contribution in [0.1, 0.15) is 25.7 Å². The molecule has 3 rings (SSSR count). The second-order valence-corrected chi connectivity index (χ2v) is 5.85. The second kappa shape index (κ2) is 4.12. The minimum atomic E-state index is -0.338. The molecular formula is C13H15ClN2O2. The molecule has 2 fully saturated rings. The lowest BCUT2D eigenvalue weighted by molar-refractivity contribution is -0.384. The van der Waals surface area contributed by atoms with Crippen LogP contribution in [0.2, 0.25) is 5.02 Å². The summed E-state index contributed by atoms with van der Waals surface area (Å²) in [5.74, 6) is 0. The largest absolute Gasteiger partial charge is 0.365 e. The molecule has 0 bridgehead atoms. The first-order valence-electron chi connectivity index (χ1n) is 6.29. The van der Waals surface area contributed by atoms with Gasteiger partial charge in [-0.3, -0.25) is 10.1 Å². The average molecular weight is 267 g/mol. The lowest BCUT2D eigenvalue weighted by Crippen LogP contribution is -2.36. The Hall–Kier alpha value is -1.29. The predicted molar refractivity (Wildman–Crippen MR) is 71.2 cm³/mol. The fourth-order valence-corrected chi connectivity index (χ4v) is 3.07. The molecule has 1 aliphatic carbocycles. The molecule has 18 heavy (non-hydrogen) atoms. The summed E-state index contributed by atoms with van der Waals surface area (Å²) in [5, 5.41) is 11.5. The number of piperidine rings is 1. The third-order valence-corrected chi connectivity index (χ3v) is 4.33. The van der Waals surface area contributed by atoms with Crippen molar-refractivity contribution in [2.45, 2.75) is 25.7 Å². The lowest BCUT2D eigenvalue weighted by atomic mass is 9.94. The molecule has 4 nitrogen and oxygen atoms in total. The zero-order valence-corrected chi connectivity index (χ0v) is 10.8. The van der Waals surface area contributed by atoms with Gasteiger partial charge in [0.1, 0.15) is 5.69 Å². The van der Waals surface area contributed by atoms with Crippen LogP contribution in [0, 0.1) is 15.5 Å². The van der Waals surface area contributed by atoms with Gasteiger partial charge in [0.15, 0.2) is 0 Å². The van der Waals surface area contributed by atoms with Crippen molar-refractivity contribution < 1.29 is 4.92 Å². The number of hydrogen-bond acceptors (Lipinski definition) is 3. The number of halogens is 1. The molecule has 1 aromatic rings. The van der Waals surface area contributed by atoms with E-state index in [9.17, 15) is 10.1 Å². The van der Waals surface area contributed by atoms with Crippen LogP contribution in [0.25, 0.3) is 0 Å². The Kier molecular flexibility index (Phi) is 2.70. The molecule has 0 unspecified atom stereocenters. The maximum Gasteiger partial charge on any atom is 0.294 e. The summed E-state index contributed by atoms with van der Waals surface area (Å²) in [5.41, 5.74) is 1.29. The van der Waals surface area contributed by atoms with Gasteiger partial charge in [0.2, 0.25) is 0 Å². The van der Waals surface area contributed by atoms with Gasteiger partial charge in [-0.1, -0.05) is 11.6 Å². The Morgan fingerprint density at radius 2 is 2.11 bits per heavy atom. The van der Waals surface area contributed by atoms with Crippen molar-refractivity contribution >= 4 is 23.0 Å². The zero-order valence-electron chi connectivity index (χ0n) is 10.1. The quantitative estimate of drug-likeness (QED) is 0.607. The summed E-state index contributed by atoms with van der Waals surface area (Å²) < 4.78 is 0. The summed E-state index contributed by atoms with van der Waals surface area (Å²) in [7, 11) is 0. The Labute approximate surface area is 111 Å². The van der Waals surface area contributed by atoms with Crippen molar-refractivity contribution in [2.24, 2.45) is 5.41 Å². The van der Waals surface area contributed by atoms with E-state index < -0.39 is 0 Å². The summed E-state index contributed by atoms with van der Waals surface area (Å²) in [6.45, 7) is 1.86. The minimum absolute atomic E-state index is 0.125. The molecule has 0 aromatic heterocycles. The van der Waals surface area contributed by atoms with E-state index in [1.165, 1.54) is 25.3 Å². The normalized spacial score (nSPS) is 21.1. The first-order valence-corrected chi connectivity index (χ1v) is 6.66. The molecule has 1 spiro atoms. The Bertz CT molecular complexity index is 500. The van der Waals surface area contributed by atoms with Crippen LogP contribution in [0.5, 0.6) is 0 Å². The van der Waals surface area contributed by atoms with Gasteiger partial charge >= 0.3 is 0 Å². The Morgan fingerprint density at radius 1 is 1.33 bits per heavy atom. The number of nitrogens with zero attached hydrogens (tertiary/aromatic N) is 2. The van der Waals surface area contributed by atoms with Gasteiger partial charge in [0.05, 0.1) is 4.92 Å². The summed E-state index contributed by atoms with van der Waals surface area (Å²) >= 11 is 5.85. The number of nitro groups is 1. The molecule has 1 saturated carbocycles. The van der Waals surface area contributed by atoms with Crippen molar-refractivity contribution in [3.8, 4) is 0 Å². The standard InChI is InChI=1S/C13H15ClN2O2/c14-10-2-3-11(12(8-10)16(17)18)15-7-1-4-13(9-15)5-6-13/h2-3,8H,1,4-7,9H2. The van der Waals surface area contributed by atoms with Crippen LogP contribution >= 0.6 is 11.6 Å². The van der Waals surface area contributed by atoms with Crippen molar-refractivity contribution in [1.29, 1.82) is 0 Å². The Morgan fingerprint density at radius 3 is 2.78 bits per heavy atom. The molecule has 1 saturated heterocycles. The highest BCUT2D eigenvalue weighted by Gasteiger charge is 2.46. The van der Waals surface area contributed by atoms with Gasteiger partial charge in [-0.2, -0.15) is 0 Å². The number of anilines is 1. The highest BCUT2D eigenvalue weighted by Crippen LogP contribution is 2.53. The van der Waals surface area contributed by atoms with Crippen molar-refractivity contribution in [3.63, 3.8) is 0 Å². The summed E-state index contributed by atoms with van der Waals surface area (Å²) in [6, 6.07) is 4.96. The molecule has 0 atom stereocenters. The number of benzene rings is 1. The second-order valence-electron chi connectivity index (χ2n) is 5.42. The van der Waals surface area contributed by atoms with E-state index >= 15 is 0 Å². The van der Waals surface area contributed by atoms with Crippen LogP contribution in [0.15, 0.2) is 18.2 Å². The lowest BCUT2D eigenvalue weighted by Gasteiger charge is -2.34. The third kappa shape index (κ3) is 2.05.